The molecule has 0 aliphatic carbocycles. The predicted molar refractivity (Wildman–Crippen MR) is 74.7 cm³/mol. The fourth-order valence-corrected chi connectivity index (χ4v) is 2.29. The van der Waals surface area contributed by atoms with Gasteiger partial charge in [-0.05, 0) is 11.5 Å². The van der Waals surface area contributed by atoms with Crippen LogP contribution in [-0.2, 0) is 6.42 Å². The third-order valence-electron chi connectivity index (χ3n) is 2.44. The van der Waals surface area contributed by atoms with Crippen LogP contribution in [-0.4, -0.2) is 11.5 Å². The molecule has 0 radical (unpaired) electrons. The lowest BCUT2D eigenvalue weighted by Gasteiger charge is -2.04. The second kappa shape index (κ2) is 5.82. The lowest BCUT2D eigenvalue weighted by atomic mass is 10.1. The van der Waals surface area contributed by atoms with Crippen LogP contribution in [0.2, 0.25) is 0 Å². The zero-order chi connectivity index (χ0) is 12.1. The largest absolute Gasteiger partial charge is 0.361 e. The zero-order valence-corrected chi connectivity index (χ0v) is 11.1. The van der Waals surface area contributed by atoms with E-state index in [0.717, 1.165) is 23.8 Å². The lowest BCUT2D eigenvalue weighted by molar-refractivity contribution is 0.688. The maximum absolute atomic E-state index is 4.58. The minimum atomic E-state index is 0.650. The maximum Gasteiger partial charge on any atom is 0.182 e. The number of benzene rings is 1. The van der Waals surface area contributed by atoms with Crippen molar-refractivity contribution in [3.05, 3.63) is 47.0 Å². The Morgan fingerprint density at radius 2 is 2.00 bits per heavy atom. The van der Waals surface area contributed by atoms with E-state index in [1.54, 1.807) is 11.3 Å². The monoisotopic (exact) mass is 246 g/mol. The van der Waals surface area contributed by atoms with E-state index in [1.807, 2.05) is 6.07 Å². The molecule has 2 aromatic rings. The Hall–Kier alpha value is -1.35. The number of nitrogens with one attached hydrogen (secondary N) is 1. The van der Waals surface area contributed by atoms with Gasteiger partial charge in [0.05, 0.1) is 5.69 Å². The molecule has 1 N–H and O–H groups in total. The first kappa shape index (κ1) is 12.1. The molecule has 0 saturated heterocycles. The first-order valence-electron chi connectivity index (χ1n) is 5.96. The van der Waals surface area contributed by atoms with Gasteiger partial charge in [-0.3, -0.25) is 0 Å². The van der Waals surface area contributed by atoms with Gasteiger partial charge in [-0.2, -0.15) is 0 Å². The molecular formula is C14H18N2S. The molecule has 1 aromatic carbocycles. The van der Waals surface area contributed by atoms with E-state index in [0.29, 0.717) is 5.92 Å². The van der Waals surface area contributed by atoms with E-state index in [1.165, 1.54) is 5.56 Å². The summed E-state index contributed by atoms with van der Waals surface area (Å²) in [7, 11) is 0. The minimum Gasteiger partial charge on any atom is -0.361 e. The van der Waals surface area contributed by atoms with Crippen molar-refractivity contribution in [2.75, 3.05) is 11.9 Å². The highest BCUT2D eigenvalue weighted by molar-refractivity contribution is 7.13. The van der Waals surface area contributed by atoms with Crippen LogP contribution in [0, 0.1) is 5.92 Å². The van der Waals surface area contributed by atoms with Crippen LogP contribution in [0.25, 0.3) is 0 Å². The van der Waals surface area contributed by atoms with Crippen LogP contribution in [0.4, 0.5) is 5.13 Å². The van der Waals surface area contributed by atoms with Gasteiger partial charge in [-0.1, -0.05) is 44.2 Å². The van der Waals surface area contributed by atoms with E-state index in [-0.39, 0.29) is 0 Å². The molecule has 0 aliphatic rings. The first-order chi connectivity index (χ1) is 8.24. The molecule has 17 heavy (non-hydrogen) atoms. The predicted octanol–water partition coefficient (Wildman–Crippen LogP) is 3.80. The maximum atomic E-state index is 4.58. The summed E-state index contributed by atoms with van der Waals surface area (Å²) in [6.07, 6.45) is 0.917. The van der Waals surface area contributed by atoms with Gasteiger partial charge >= 0.3 is 0 Å². The molecule has 2 nitrogen and oxygen atoms in total. The zero-order valence-electron chi connectivity index (χ0n) is 10.3. The summed E-state index contributed by atoms with van der Waals surface area (Å²) in [6.45, 7) is 5.38. The molecule has 0 saturated carbocycles. The molecule has 0 bridgehead atoms. The molecule has 1 aromatic heterocycles. The van der Waals surface area contributed by atoms with Gasteiger partial charge in [0.1, 0.15) is 0 Å². The number of aromatic nitrogens is 1. The Labute approximate surface area is 107 Å². The summed E-state index contributed by atoms with van der Waals surface area (Å²) in [5.74, 6) is 0.650. The topological polar surface area (TPSA) is 24.9 Å². The summed E-state index contributed by atoms with van der Waals surface area (Å²) in [5.41, 5.74) is 2.46. The molecule has 3 heteroatoms. The molecule has 2 rings (SSSR count). The van der Waals surface area contributed by atoms with Crippen molar-refractivity contribution in [1.82, 2.24) is 4.98 Å². The first-order valence-corrected chi connectivity index (χ1v) is 6.84. The summed E-state index contributed by atoms with van der Waals surface area (Å²) in [6, 6.07) is 10.5. The highest BCUT2D eigenvalue weighted by Crippen LogP contribution is 2.18. The molecule has 0 spiro atoms. The summed E-state index contributed by atoms with van der Waals surface area (Å²) >= 11 is 1.69. The van der Waals surface area contributed by atoms with Crippen LogP contribution in [0.5, 0.6) is 0 Å². The second-order valence-electron chi connectivity index (χ2n) is 4.58. The summed E-state index contributed by atoms with van der Waals surface area (Å²) in [5, 5.41) is 6.52. The average molecular weight is 246 g/mol. The Bertz CT molecular complexity index is 448. The number of nitrogens with zero attached hydrogens (tertiary/aromatic N) is 1. The number of thiazole rings is 1. The summed E-state index contributed by atoms with van der Waals surface area (Å²) in [4.78, 5) is 4.58. The molecule has 1 heterocycles. The Balaban J connectivity index is 1.94. The highest BCUT2D eigenvalue weighted by Gasteiger charge is 2.03. The van der Waals surface area contributed by atoms with Gasteiger partial charge < -0.3 is 5.32 Å². The van der Waals surface area contributed by atoms with Gasteiger partial charge in [0.25, 0.3) is 0 Å². The standard InChI is InChI=1S/C14H18N2S/c1-11(2)9-15-14-16-13(10-17-14)8-12-6-4-3-5-7-12/h3-7,10-11H,8-9H2,1-2H3,(H,15,16). The van der Waals surface area contributed by atoms with E-state index in [2.05, 4.69) is 53.8 Å². The number of hydrogen-bond donors (Lipinski definition) is 1. The van der Waals surface area contributed by atoms with Crippen molar-refractivity contribution in [3.8, 4) is 0 Å². The molecule has 0 aliphatic heterocycles. The molecule has 90 valence electrons. The highest BCUT2D eigenvalue weighted by atomic mass is 32.1. The quantitative estimate of drug-likeness (QED) is 0.868. The average Bonchev–Trinajstić information content (AvgIpc) is 2.75. The van der Waals surface area contributed by atoms with Crippen molar-refractivity contribution in [2.24, 2.45) is 5.92 Å². The van der Waals surface area contributed by atoms with Crippen molar-refractivity contribution in [1.29, 1.82) is 0 Å². The minimum absolute atomic E-state index is 0.650. The van der Waals surface area contributed by atoms with Crippen molar-refractivity contribution in [2.45, 2.75) is 20.3 Å². The van der Waals surface area contributed by atoms with Crippen molar-refractivity contribution >= 4 is 16.5 Å². The van der Waals surface area contributed by atoms with Gasteiger partial charge in [-0.25, -0.2) is 4.98 Å². The third-order valence-corrected chi connectivity index (χ3v) is 3.29. The van der Waals surface area contributed by atoms with Crippen LogP contribution in [0.15, 0.2) is 35.7 Å². The van der Waals surface area contributed by atoms with Crippen LogP contribution in [0.3, 0.4) is 0 Å². The van der Waals surface area contributed by atoms with Gasteiger partial charge in [0.15, 0.2) is 5.13 Å². The van der Waals surface area contributed by atoms with E-state index in [9.17, 15) is 0 Å². The van der Waals surface area contributed by atoms with Crippen molar-refractivity contribution < 1.29 is 0 Å². The molecule has 0 unspecified atom stereocenters. The second-order valence-corrected chi connectivity index (χ2v) is 5.44. The van der Waals surface area contributed by atoms with Crippen LogP contribution in [0.1, 0.15) is 25.1 Å². The number of anilines is 1. The van der Waals surface area contributed by atoms with Gasteiger partial charge in [-0.15, -0.1) is 11.3 Å². The van der Waals surface area contributed by atoms with E-state index >= 15 is 0 Å². The smallest absolute Gasteiger partial charge is 0.182 e. The van der Waals surface area contributed by atoms with Gasteiger partial charge in [0.2, 0.25) is 0 Å². The fourth-order valence-electron chi connectivity index (χ4n) is 1.57. The molecule has 0 amide bonds. The van der Waals surface area contributed by atoms with Crippen molar-refractivity contribution in [3.63, 3.8) is 0 Å². The Kier molecular flexibility index (Phi) is 4.15. The molecule has 0 fully saturated rings. The summed E-state index contributed by atoms with van der Waals surface area (Å²) < 4.78 is 0. The Morgan fingerprint density at radius 1 is 1.24 bits per heavy atom. The number of hydrogen-bond acceptors (Lipinski definition) is 3. The van der Waals surface area contributed by atoms with E-state index in [4.69, 9.17) is 0 Å². The molecule has 0 atom stereocenters. The van der Waals surface area contributed by atoms with Crippen LogP contribution < -0.4 is 5.32 Å². The lowest BCUT2D eigenvalue weighted by Crippen LogP contribution is -2.07. The SMILES string of the molecule is CC(C)CNc1nc(Cc2ccccc2)cs1. The Morgan fingerprint density at radius 3 is 2.71 bits per heavy atom. The third kappa shape index (κ3) is 3.86. The van der Waals surface area contributed by atoms with Crippen LogP contribution >= 0.6 is 11.3 Å². The number of rotatable bonds is 5. The fraction of sp³-hybridized carbons (Fsp3) is 0.357. The van der Waals surface area contributed by atoms with E-state index < -0.39 is 0 Å². The molecular weight excluding hydrogens is 228 g/mol. The normalized spacial score (nSPS) is 10.8. The van der Waals surface area contributed by atoms with Gasteiger partial charge in [0, 0.05) is 18.3 Å².